The van der Waals surface area contributed by atoms with Crippen molar-refractivity contribution in [3.8, 4) is 0 Å². The molecule has 0 bridgehead atoms. The molecular weight excluding hydrogens is 112 g/mol. The molecule has 0 spiro atoms. The van der Waals surface area contributed by atoms with E-state index in [0.29, 0.717) is 17.9 Å². The van der Waals surface area contributed by atoms with Gasteiger partial charge in [0.2, 0.25) is 0 Å². The molecule has 9 heavy (non-hydrogen) atoms. The van der Waals surface area contributed by atoms with Crippen LogP contribution in [0.25, 0.3) is 0 Å². The molecule has 1 aliphatic carbocycles. The Morgan fingerprint density at radius 1 is 1.44 bits per heavy atom. The summed E-state index contributed by atoms with van der Waals surface area (Å²) in [4.78, 5) is 0. The fraction of sp³-hybridized carbons (Fsp3) is 1.00. The van der Waals surface area contributed by atoms with Gasteiger partial charge in [0, 0.05) is 6.61 Å². The Hall–Kier alpha value is -0.0400. The Bertz CT molecular complexity index is 102. The van der Waals surface area contributed by atoms with Crippen molar-refractivity contribution in [1.82, 2.24) is 0 Å². The summed E-state index contributed by atoms with van der Waals surface area (Å²) in [7, 11) is 0. The fourth-order valence-electron chi connectivity index (χ4n) is 1.51. The van der Waals surface area contributed by atoms with Gasteiger partial charge < -0.3 is 5.11 Å². The second-order valence-electron chi connectivity index (χ2n) is 4.15. The van der Waals surface area contributed by atoms with E-state index in [1.165, 1.54) is 6.42 Å². The van der Waals surface area contributed by atoms with Gasteiger partial charge in [0.15, 0.2) is 0 Å². The molecule has 0 aliphatic heterocycles. The van der Waals surface area contributed by atoms with E-state index in [1.54, 1.807) is 0 Å². The highest BCUT2D eigenvalue weighted by molar-refractivity contribution is 4.93. The zero-order valence-electron chi connectivity index (χ0n) is 6.52. The van der Waals surface area contributed by atoms with Crippen molar-refractivity contribution < 1.29 is 5.11 Å². The Kier molecular flexibility index (Phi) is 1.55. The molecule has 54 valence electrons. The molecule has 0 amide bonds. The second-order valence-corrected chi connectivity index (χ2v) is 4.15. The van der Waals surface area contributed by atoms with Crippen LogP contribution < -0.4 is 0 Å². The standard InChI is InChI=1S/C8H16O/c1-8(2,3)7-4-6(7)5-9/h6-7,9H,4-5H2,1-3H3/t6-,7+/m0/s1. The summed E-state index contributed by atoms with van der Waals surface area (Å²) >= 11 is 0. The Labute approximate surface area is 57.1 Å². The summed E-state index contributed by atoms with van der Waals surface area (Å²) in [6, 6.07) is 0. The number of rotatable bonds is 1. The first-order valence-electron chi connectivity index (χ1n) is 3.66. The van der Waals surface area contributed by atoms with Gasteiger partial charge in [-0.1, -0.05) is 20.8 Å². The molecule has 1 saturated carbocycles. The lowest BCUT2D eigenvalue weighted by Crippen LogP contribution is -2.10. The van der Waals surface area contributed by atoms with Gasteiger partial charge in [-0.2, -0.15) is 0 Å². The van der Waals surface area contributed by atoms with Crippen LogP contribution in [0.15, 0.2) is 0 Å². The van der Waals surface area contributed by atoms with E-state index < -0.39 is 0 Å². The summed E-state index contributed by atoms with van der Waals surface area (Å²) in [6.07, 6.45) is 1.24. The Morgan fingerprint density at radius 3 is 2.11 bits per heavy atom. The molecule has 1 heteroatoms. The molecule has 0 unspecified atom stereocenters. The van der Waals surface area contributed by atoms with Gasteiger partial charge in [0.25, 0.3) is 0 Å². The predicted molar refractivity (Wildman–Crippen MR) is 38.1 cm³/mol. The van der Waals surface area contributed by atoms with Crippen molar-refractivity contribution in [3.05, 3.63) is 0 Å². The largest absolute Gasteiger partial charge is 0.396 e. The molecule has 0 aromatic carbocycles. The second kappa shape index (κ2) is 1.98. The van der Waals surface area contributed by atoms with Gasteiger partial charge in [-0.3, -0.25) is 0 Å². The summed E-state index contributed by atoms with van der Waals surface area (Å²) < 4.78 is 0. The monoisotopic (exact) mass is 128 g/mol. The van der Waals surface area contributed by atoms with Crippen LogP contribution in [0.4, 0.5) is 0 Å². The SMILES string of the molecule is CC(C)(C)[C@@H]1C[C@H]1CO. The first-order valence-corrected chi connectivity index (χ1v) is 3.66. The molecule has 0 saturated heterocycles. The van der Waals surface area contributed by atoms with Crippen molar-refractivity contribution in [2.75, 3.05) is 6.61 Å². The van der Waals surface area contributed by atoms with Gasteiger partial charge in [0.05, 0.1) is 0 Å². The lowest BCUT2D eigenvalue weighted by atomic mass is 9.89. The van der Waals surface area contributed by atoms with E-state index in [-0.39, 0.29) is 0 Å². The molecule has 0 aromatic rings. The lowest BCUT2D eigenvalue weighted by Gasteiger charge is -2.17. The highest BCUT2D eigenvalue weighted by atomic mass is 16.3. The number of hydrogen-bond acceptors (Lipinski definition) is 1. The zero-order chi connectivity index (χ0) is 7.07. The van der Waals surface area contributed by atoms with E-state index in [9.17, 15) is 0 Å². The van der Waals surface area contributed by atoms with Crippen molar-refractivity contribution in [1.29, 1.82) is 0 Å². The van der Waals surface area contributed by atoms with E-state index in [2.05, 4.69) is 20.8 Å². The first kappa shape index (κ1) is 7.07. The van der Waals surface area contributed by atoms with Crippen molar-refractivity contribution in [3.63, 3.8) is 0 Å². The summed E-state index contributed by atoms with van der Waals surface area (Å²) in [5, 5.41) is 8.74. The van der Waals surface area contributed by atoms with Gasteiger partial charge in [-0.15, -0.1) is 0 Å². The third kappa shape index (κ3) is 1.45. The van der Waals surface area contributed by atoms with Gasteiger partial charge in [-0.05, 0) is 23.7 Å². The highest BCUT2D eigenvalue weighted by Crippen LogP contribution is 2.50. The van der Waals surface area contributed by atoms with Crippen molar-refractivity contribution in [2.45, 2.75) is 27.2 Å². The first-order chi connectivity index (χ1) is 4.05. The van der Waals surface area contributed by atoms with Crippen molar-refractivity contribution >= 4 is 0 Å². The minimum absolute atomic E-state index is 0.391. The number of aliphatic hydroxyl groups is 1. The van der Waals surface area contributed by atoms with E-state index in [1.807, 2.05) is 0 Å². The van der Waals surface area contributed by atoms with Gasteiger partial charge in [-0.25, -0.2) is 0 Å². The van der Waals surface area contributed by atoms with Gasteiger partial charge in [0.1, 0.15) is 0 Å². The van der Waals surface area contributed by atoms with E-state index >= 15 is 0 Å². The van der Waals surface area contributed by atoms with Crippen LogP contribution in [0.2, 0.25) is 0 Å². The molecule has 1 nitrogen and oxygen atoms in total. The van der Waals surface area contributed by atoms with Crippen LogP contribution in [-0.4, -0.2) is 11.7 Å². The molecule has 0 heterocycles. The normalized spacial score (nSPS) is 34.7. The predicted octanol–water partition coefficient (Wildman–Crippen LogP) is 1.66. The average molecular weight is 128 g/mol. The molecule has 1 rings (SSSR count). The maximum atomic E-state index is 8.74. The van der Waals surface area contributed by atoms with Crippen LogP contribution in [-0.2, 0) is 0 Å². The number of aliphatic hydroxyl groups excluding tert-OH is 1. The Morgan fingerprint density at radius 2 is 2.00 bits per heavy atom. The molecule has 1 fully saturated rings. The third-order valence-corrected chi connectivity index (χ3v) is 2.27. The smallest absolute Gasteiger partial charge is 0.0462 e. The zero-order valence-corrected chi connectivity index (χ0v) is 6.52. The molecule has 0 radical (unpaired) electrons. The van der Waals surface area contributed by atoms with E-state index in [4.69, 9.17) is 5.11 Å². The molecular formula is C8H16O. The minimum Gasteiger partial charge on any atom is -0.396 e. The summed E-state index contributed by atoms with van der Waals surface area (Å²) in [6.45, 7) is 7.12. The molecule has 1 aliphatic rings. The lowest BCUT2D eigenvalue weighted by molar-refractivity contribution is 0.239. The van der Waals surface area contributed by atoms with Crippen LogP contribution in [0, 0.1) is 17.3 Å². The maximum Gasteiger partial charge on any atom is 0.0462 e. The van der Waals surface area contributed by atoms with Gasteiger partial charge >= 0.3 is 0 Å². The van der Waals surface area contributed by atoms with E-state index in [0.717, 1.165) is 5.92 Å². The molecule has 1 N–H and O–H groups in total. The van der Waals surface area contributed by atoms with Crippen molar-refractivity contribution in [2.24, 2.45) is 17.3 Å². The average Bonchev–Trinajstić information content (AvgIpc) is 2.39. The third-order valence-electron chi connectivity index (χ3n) is 2.27. The fourth-order valence-corrected chi connectivity index (χ4v) is 1.51. The Balaban J connectivity index is 2.33. The van der Waals surface area contributed by atoms with Crippen LogP contribution in [0.5, 0.6) is 0 Å². The van der Waals surface area contributed by atoms with Crippen LogP contribution >= 0.6 is 0 Å². The quantitative estimate of drug-likeness (QED) is 0.569. The minimum atomic E-state index is 0.391. The number of hydrogen-bond donors (Lipinski definition) is 1. The molecule has 0 aromatic heterocycles. The molecule has 2 atom stereocenters. The topological polar surface area (TPSA) is 20.2 Å². The highest BCUT2D eigenvalue weighted by Gasteiger charge is 2.44. The maximum absolute atomic E-state index is 8.74. The summed E-state index contributed by atoms with van der Waals surface area (Å²) in [5.41, 5.74) is 0.424. The van der Waals surface area contributed by atoms with Crippen LogP contribution in [0.1, 0.15) is 27.2 Å². The van der Waals surface area contributed by atoms with Crippen LogP contribution in [0.3, 0.4) is 0 Å². The summed E-state index contributed by atoms with van der Waals surface area (Å²) in [5.74, 6) is 1.40.